The molecule has 21 heavy (non-hydrogen) atoms. The van der Waals surface area contributed by atoms with Crippen LogP contribution in [0.4, 0.5) is 4.39 Å². The Labute approximate surface area is 130 Å². The van der Waals surface area contributed by atoms with E-state index in [1.165, 1.54) is 6.07 Å². The molecular formula is C17H11ClFNS. The molecule has 2 heterocycles. The Kier molecular flexibility index (Phi) is 3.05. The topological polar surface area (TPSA) is 12.4 Å². The lowest BCUT2D eigenvalue weighted by Gasteiger charge is -2.16. The van der Waals surface area contributed by atoms with Gasteiger partial charge in [0, 0.05) is 22.2 Å². The fourth-order valence-electron chi connectivity index (χ4n) is 2.76. The first-order chi connectivity index (χ1) is 10.3. The highest BCUT2D eigenvalue weighted by atomic mass is 35.5. The number of rotatable bonds is 1. The largest absolute Gasteiger partial charge is 0.283 e. The van der Waals surface area contributed by atoms with Gasteiger partial charge in [0.25, 0.3) is 0 Å². The predicted octanol–water partition coefficient (Wildman–Crippen LogP) is 5.09. The Morgan fingerprint density at radius 1 is 1.10 bits per heavy atom. The third kappa shape index (κ3) is 2.00. The van der Waals surface area contributed by atoms with E-state index >= 15 is 0 Å². The summed E-state index contributed by atoms with van der Waals surface area (Å²) in [7, 11) is 0. The average Bonchev–Trinajstić information content (AvgIpc) is 2.85. The first kappa shape index (κ1) is 13.0. The van der Waals surface area contributed by atoms with Gasteiger partial charge in [-0.3, -0.25) is 4.99 Å². The molecule has 0 N–H and O–H groups in total. The molecule has 2 aromatic carbocycles. The Morgan fingerprint density at radius 2 is 1.95 bits per heavy atom. The second-order valence-corrected chi connectivity index (χ2v) is 6.42. The van der Waals surface area contributed by atoms with Crippen LogP contribution in [0.1, 0.15) is 16.0 Å². The van der Waals surface area contributed by atoms with E-state index in [0.29, 0.717) is 18.0 Å². The van der Waals surface area contributed by atoms with Gasteiger partial charge >= 0.3 is 0 Å². The third-order valence-electron chi connectivity index (χ3n) is 3.76. The average molecular weight is 316 g/mol. The van der Waals surface area contributed by atoms with Gasteiger partial charge in [0.1, 0.15) is 5.82 Å². The van der Waals surface area contributed by atoms with E-state index in [0.717, 1.165) is 31.8 Å². The first-order valence-electron chi connectivity index (χ1n) is 6.75. The number of thiophene rings is 1. The summed E-state index contributed by atoms with van der Waals surface area (Å²) < 4.78 is 15.1. The van der Waals surface area contributed by atoms with E-state index in [1.807, 2.05) is 30.3 Å². The first-order valence-corrected chi connectivity index (χ1v) is 7.95. The molecule has 0 unspecified atom stereocenters. The molecule has 0 saturated heterocycles. The lowest BCUT2D eigenvalue weighted by Crippen LogP contribution is -2.14. The normalized spacial score (nSPS) is 14.1. The summed E-state index contributed by atoms with van der Waals surface area (Å²) >= 11 is 8.15. The van der Waals surface area contributed by atoms with Crippen LogP contribution in [-0.4, -0.2) is 12.3 Å². The highest BCUT2D eigenvalue weighted by Gasteiger charge is 2.22. The Hall–Kier alpha value is -1.71. The van der Waals surface area contributed by atoms with Crippen molar-refractivity contribution in [2.24, 2.45) is 4.99 Å². The van der Waals surface area contributed by atoms with Crippen molar-refractivity contribution in [3.63, 3.8) is 0 Å². The maximum Gasteiger partial charge on any atom is 0.127 e. The quantitative estimate of drug-likeness (QED) is 0.593. The molecule has 1 aromatic heterocycles. The Balaban J connectivity index is 1.96. The van der Waals surface area contributed by atoms with Gasteiger partial charge in [-0.2, -0.15) is 0 Å². The summed E-state index contributed by atoms with van der Waals surface area (Å²) in [5, 5.41) is 1.75. The highest BCUT2D eigenvalue weighted by Crippen LogP contribution is 2.38. The highest BCUT2D eigenvalue weighted by molar-refractivity contribution is 7.21. The number of fused-ring (bicyclic) bond motifs is 2. The van der Waals surface area contributed by atoms with E-state index in [4.69, 9.17) is 11.6 Å². The maximum atomic E-state index is 14.0. The van der Waals surface area contributed by atoms with Crippen LogP contribution in [-0.2, 0) is 6.42 Å². The van der Waals surface area contributed by atoms with Crippen molar-refractivity contribution in [3.8, 4) is 0 Å². The van der Waals surface area contributed by atoms with E-state index < -0.39 is 0 Å². The van der Waals surface area contributed by atoms with Crippen molar-refractivity contribution in [1.29, 1.82) is 0 Å². The number of halogens is 2. The zero-order valence-electron chi connectivity index (χ0n) is 11.1. The molecular weight excluding hydrogens is 305 g/mol. The second kappa shape index (κ2) is 4.93. The molecule has 104 valence electrons. The zero-order valence-corrected chi connectivity index (χ0v) is 12.6. The van der Waals surface area contributed by atoms with Crippen molar-refractivity contribution in [2.75, 3.05) is 6.54 Å². The van der Waals surface area contributed by atoms with Gasteiger partial charge < -0.3 is 0 Å². The Bertz CT molecular complexity index is 882. The SMILES string of the molecule is Fc1cccc2c1CCN=C2c1sc2ccccc2c1Cl. The van der Waals surface area contributed by atoms with E-state index in [1.54, 1.807) is 17.4 Å². The van der Waals surface area contributed by atoms with Gasteiger partial charge in [-0.25, -0.2) is 4.39 Å². The molecule has 1 aliphatic rings. The number of aliphatic imine (C=N–C) groups is 1. The summed E-state index contributed by atoms with van der Waals surface area (Å²) in [6.07, 6.45) is 0.647. The van der Waals surface area contributed by atoms with Crippen molar-refractivity contribution in [1.82, 2.24) is 0 Å². The smallest absolute Gasteiger partial charge is 0.127 e. The monoisotopic (exact) mass is 315 g/mol. The molecule has 1 aliphatic heterocycles. The van der Waals surface area contributed by atoms with Crippen LogP contribution in [0, 0.1) is 5.82 Å². The van der Waals surface area contributed by atoms with Crippen LogP contribution in [0.2, 0.25) is 5.02 Å². The van der Waals surface area contributed by atoms with Crippen molar-refractivity contribution >= 4 is 38.7 Å². The van der Waals surface area contributed by atoms with E-state index in [9.17, 15) is 4.39 Å². The van der Waals surface area contributed by atoms with Gasteiger partial charge in [0.05, 0.1) is 15.6 Å². The molecule has 0 saturated carbocycles. The number of nitrogens with zero attached hydrogens (tertiary/aromatic N) is 1. The number of hydrogen-bond donors (Lipinski definition) is 0. The minimum absolute atomic E-state index is 0.155. The Morgan fingerprint density at radius 3 is 2.81 bits per heavy atom. The van der Waals surface area contributed by atoms with Crippen LogP contribution in [0.25, 0.3) is 10.1 Å². The molecule has 0 fully saturated rings. The maximum absolute atomic E-state index is 14.0. The zero-order chi connectivity index (χ0) is 14.4. The van der Waals surface area contributed by atoms with Crippen LogP contribution >= 0.6 is 22.9 Å². The van der Waals surface area contributed by atoms with Crippen LogP contribution in [0.5, 0.6) is 0 Å². The molecule has 3 aromatic rings. The van der Waals surface area contributed by atoms with Crippen LogP contribution in [0.3, 0.4) is 0 Å². The minimum atomic E-state index is -0.155. The molecule has 0 spiro atoms. The summed E-state index contributed by atoms with van der Waals surface area (Å²) in [6, 6.07) is 13.2. The molecule has 0 aliphatic carbocycles. The van der Waals surface area contributed by atoms with Crippen molar-refractivity contribution < 1.29 is 4.39 Å². The predicted molar refractivity (Wildman–Crippen MR) is 87.4 cm³/mol. The van der Waals surface area contributed by atoms with E-state index in [2.05, 4.69) is 4.99 Å². The number of hydrogen-bond acceptors (Lipinski definition) is 2. The van der Waals surface area contributed by atoms with Gasteiger partial charge in [0.15, 0.2) is 0 Å². The van der Waals surface area contributed by atoms with Crippen molar-refractivity contribution in [3.05, 3.63) is 69.3 Å². The van der Waals surface area contributed by atoms with Crippen LogP contribution < -0.4 is 0 Å². The third-order valence-corrected chi connectivity index (χ3v) is 5.44. The van der Waals surface area contributed by atoms with Gasteiger partial charge in [-0.15, -0.1) is 11.3 Å². The summed E-state index contributed by atoms with van der Waals surface area (Å²) in [4.78, 5) is 5.55. The lowest BCUT2D eigenvalue weighted by atomic mass is 9.96. The molecule has 0 bridgehead atoms. The molecule has 1 nitrogen and oxygen atoms in total. The fraction of sp³-hybridized carbons (Fsp3) is 0.118. The molecule has 4 heteroatoms. The summed E-state index contributed by atoms with van der Waals surface area (Å²) in [6.45, 7) is 0.605. The number of benzene rings is 2. The van der Waals surface area contributed by atoms with Gasteiger partial charge in [-0.05, 0) is 24.1 Å². The summed E-state index contributed by atoms with van der Waals surface area (Å²) in [5.74, 6) is -0.155. The second-order valence-electron chi connectivity index (χ2n) is 4.99. The summed E-state index contributed by atoms with van der Waals surface area (Å²) in [5.41, 5.74) is 2.44. The standard InChI is InChI=1S/C17H11ClFNS/c18-15-12-4-1-2-7-14(12)21-17(15)16-11-5-3-6-13(19)10(11)8-9-20-16/h1-7H,8-9H2. The van der Waals surface area contributed by atoms with Crippen molar-refractivity contribution in [2.45, 2.75) is 6.42 Å². The van der Waals surface area contributed by atoms with Gasteiger partial charge in [-0.1, -0.05) is 41.9 Å². The van der Waals surface area contributed by atoms with E-state index in [-0.39, 0.29) is 5.82 Å². The van der Waals surface area contributed by atoms with Crippen LogP contribution in [0.15, 0.2) is 47.5 Å². The fourth-order valence-corrected chi connectivity index (χ4v) is 4.30. The lowest BCUT2D eigenvalue weighted by molar-refractivity contribution is 0.607. The molecule has 4 rings (SSSR count). The minimum Gasteiger partial charge on any atom is -0.283 e. The molecule has 0 amide bonds. The van der Waals surface area contributed by atoms with Gasteiger partial charge in [0.2, 0.25) is 0 Å². The molecule has 0 atom stereocenters. The molecule has 0 radical (unpaired) electrons.